The number of halogens is 1. The Labute approximate surface area is 160 Å². The lowest BCUT2D eigenvalue weighted by molar-refractivity contribution is 0.0863. The van der Waals surface area contributed by atoms with Crippen LogP contribution in [0.4, 0.5) is 5.69 Å². The van der Waals surface area contributed by atoms with E-state index in [1.54, 1.807) is 54.6 Å². The Morgan fingerprint density at radius 1 is 1.07 bits per heavy atom. The van der Waals surface area contributed by atoms with Gasteiger partial charge in [0, 0.05) is 11.2 Å². The van der Waals surface area contributed by atoms with E-state index in [2.05, 4.69) is 5.32 Å². The molecule has 2 aromatic carbocycles. The highest BCUT2D eigenvalue weighted by molar-refractivity contribution is 6.30. The van der Waals surface area contributed by atoms with Crippen molar-refractivity contribution in [2.24, 2.45) is 0 Å². The molecular weight excluding hydrogens is 368 g/mol. The van der Waals surface area contributed by atoms with Gasteiger partial charge in [0.1, 0.15) is 17.9 Å². The normalized spacial score (nSPS) is 10.3. The number of nitrogens with zero attached hydrogens (tertiary/aromatic N) is 1. The van der Waals surface area contributed by atoms with Crippen LogP contribution in [0.25, 0.3) is 0 Å². The van der Waals surface area contributed by atoms with Crippen molar-refractivity contribution in [3.63, 3.8) is 0 Å². The first kappa shape index (κ1) is 18.5. The van der Waals surface area contributed by atoms with Gasteiger partial charge in [0.2, 0.25) is 0 Å². The number of nitrogens with one attached hydrogen (secondary N) is 1. The highest BCUT2D eigenvalue weighted by Gasteiger charge is 2.14. The highest BCUT2D eigenvalue weighted by Crippen LogP contribution is 2.23. The number of anilines is 1. The van der Waals surface area contributed by atoms with Crippen LogP contribution in [0.3, 0.4) is 0 Å². The van der Waals surface area contributed by atoms with Crippen LogP contribution in [0.1, 0.15) is 15.9 Å². The molecule has 0 spiro atoms. The molecule has 0 saturated heterocycles. The Balaban J connectivity index is 1.76. The molecule has 0 saturated carbocycles. The molecule has 1 aromatic heterocycles. The van der Waals surface area contributed by atoms with Crippen LogP contribution >= 0.6 is 11.6 Å². The summed E-state index contributed by atoms with van der Waals surface area (Å²) in [5.74, 6) is -0.0463. The molecule has 0 unspecified atom stereocenters. The smallest absolute Gasteiger partial charge is 0.295 e. The number of aromatic nitrogens is 1. The van der Waals surface area contributed by atoms with E-state index in [1.165, 1.54) is 19.4 Å². The summed E-state index contributed by atoms with van der Waals surface area (Å²) in [6.07, 6.45) is 1.46. The fourth-order valence-electron chi connectivity index (χ4n) is 2.41. The summed E-state index contributed by atoms with van der Waals surface area (Å²) in [4.78, 5) is 30.6. The van der Waals surface area contributed by atoms with E-state index in [1.807, 2.05) is 0 Å². The van der Waals surface area contributed by atoms with E-state index in [4.69, 9.17) is 21.2 Å². The number of amides is 1. The molecule has 27 heavy (non-hydrogen) atoms. The summed E-state index contributed by atoms with van der Waals surface area (Å²) in [5.41, 5.74) is 0.718. The zero-order valence-electron chi connectivity index (χ0n) is 14.5. The van der Waals surface area contributed by atoms with Gasteiger partial charge in [-0.2, -0.15) is 4.73 Å². The summed E-state index contributed by atoms with van der Waals surface area (Å²) in [6.45, 7) is 0.161. The Morgan fingerprint density at radius 2 is 1.81 bits per heavy atom. The largest absolute Gasteiger partial charge is 0.495 e. The fraction of sp³-hybridized carbons (Fsp3) is 0.100. The molecule has 1 heterocycles. The molecule has 0 atom stereocenters. The van der Waals surface area contributed by atoms with Gasteiger partial charge in [-0.3, -0.25) is 9.59 Å². The summed E-state index contributed by atoms with van der Waals surface area (Å²) < 4.78 is 6.23. The molecule has 3 rings (SSSR count). The number of rotatable bonds is 6. The van der Waals surface area contributed by atoms with Gasteiger partial charge >= 0.3 is 0 Å². The molecule has 0 radical (unpaired) electrons. The van der Waals surface area contributed by atoms with Crippen LogP contribution in [0, 0.1) is 0 Å². The first-order valence-corrected chi connectivity index (χ1v) is 8.50. The Kier molecular flexibility index (Phi) is 5.78. The fourth-order valence-corrected chi connectivity index (χ4v) is 2.54. The lowest BCUT2D eigenvalue weighted by atomic mass is 10.2. The molecule has 1 amide bonds. The standard InChI is InChI=1S/C20H17ClN2O4/c1-26-18-7-3-2-6-17(18)22-19(24)16-5-4-12-23(20(16)25)27-13-14-8-10-15(21)11-9-14/h2-12H,13H2,1H3,(H,22,24). The molecule has 0 fully saturated rings. The van der Waals surface area contributed by atoms with E-state index < -0.39 is 11.5 Å². The molecule has 6 nitrogen and oxygen atoms in total. The average molecular weight is 385 g/mol. The second-order valence-corrected chi connectivity index (χ2v) is 6.04. The lowest BCUT2D eigenvalue weighted by Crippen LogP contribution is -2.32. The number of methoxy groups -OCH3 is 1. The third kappa shape index (κ3) is 4.48. The van der Waals surface area contributed by atoms with E-state index >= 15 is 0 Å². The van der Waals surface area contributed by atoms with Crippen molar-refractivity contribution in [2.75, 3.05) is 12.4 Å². The topological polar surface area (TPSA) is 69.6 Å². The third-order valence-electron chi connectivity index (χ3n) is 3.80. The van der Waals surface area contributed by atoms with Crippen molar-refractivity contribution in [1.82, 2.24) is 4.73 Å². The SMILES string of the molecule is COc1ccccc1NC(=O)c1cccn(OCc2ccc(Cl)cc2)c1=O. The predicted molar refractivity (Wildman–Crippen MR) is 103 cm³/mol. The molecule has 0 bridgehead atoms. The third-order valence-corrected chi connectivity index (χ3v) is 4.05. The summed E-state index contributed by atoms with van der Waals surface area (Å²) in [5, 5.41) is 3.29. The lowest BCUT2D eigenvalue weighted by Gasteiger charge is -2.11. The second-order valence-electron chi connectivity index (χ2n) is 5.61. The number of hydrogen-bond donors (Lipinski definition) is 1. The van der Waals surface area contributed by atoms with Gasteiger partial charge in [0.25, 0.3) is 11.5 Å². The number of hydrogen-bond acceptors (Lipinski definition) is 4. The summed E-state index contributed by atoms with van der Waals surface area (Å²) in [6, 6.07) is 17.0. The van der Waals surface area contributed by atoms with Crippen molar-refractivity contribution >= 4 is 23.2 Å². The Hall–Kier alpha value is -3.25. The van der Waals surface area contributed by atoms with Crippen LogP contribution in [0.15, 0.2) is 71.7 Å². The van der Waals surface area contributed by atoms with Gasteiger partial charge in [0.05, 0.1) is 12.8 Å². The summed E-state index contributed by atoms with van der Waals surface area (Å²) in [7, 11) is 1.51. The Morgan fingerprint density at radius 3 is 2.56 bits per heavy atom. The summed E-state index contributed by atoms with van der Waals surface area (Å²) >= 11 is 5.85. The van der Waals surface area contributed by atoms with Gasteiger partial charge in [-0.15, -0.1) is 0 Å². The highest BCUT2D eigenvalue weighted by atomic mass is 35.5. The maximum Gasteiger partial charge on any atom is 0.295 e. The van der Waals surface area contributed by atoms with Crippen LogP contribution in [-0.2, 0) is 6.61 Å². The first-order valence-electron chi connectivity index (χ1n) is 8.12. The van der Waals surface area contributed by atoms with Gasteiger partial charge in [-0.25, -0.2) is 0 Å². The molecule has 3 aromatic rings. The number of carbonyl (C=O) groups is 1. The molecule has 7 heteroatoms. The molecule has 138 valence electrons. The molecule has 0 aliphatic carbocycles. The zero-order valence-corrected chi connectivity index (χ0v) is 15.3. The molecule has 0 aliphatic rings. The number of ether oxygens (including phenoxy) is 1. The van der Waals surface area contributed by atoms with Crippen molar-refractivity contribution < 1.29 is 14.4 Å². The van der Waals surface area contributed by atoms with Gasteiger partial charge < -0.3 is 14.9 Å². The van der Waals surface area contributed by atoms with Crippen LogP contribution in [0.5, 0.6) is 5.75 Å². The maximum absolute atomic E-state index is 12.6. The maximum atomic E-state index is 12.6. The predicted octanol–water partition coefficient (Wildman–Crippen LogP) is 3.39. The van der Waals surface area contributed by atoms with Crippen molar-refractivity contribution in [3.05, 3.63) is 93.4 Å². The van der Waals surface area contributed by atoms with Crippen LogP contribution < -0.4 is 20.5 Å². The molecule has 1 N–H and O–H groups in total. The van der Waals surface area contributed by atoms with Gasteiger partial charge in [-0.1, -0.05) is 35.9 Å². The monoisotopic (exact) mass is 384 g/mol. The van der Waals surface area contributed by atoms with E-state index in [-0.39, 0.29) is 12.2 Å². The second kappa shape index (κ2) is 8.42. The molecular formula is C20H17ClN2O4. The number of benzene rings is 2. The quantitative estimate of drug-likeness (QED) is 0.707. The number of pyridine rings is 1. The van der Waals surface area contributed by atoms with Gasteiger partial charge in [0.15, 0.2) is 0 Å². The van der Waals surface area contributed by atoms with Gasteiger partial charge in [-0.05, 0) is 42.0 Å². The van der Waals surface area contributed by atoms with E-state index in [9.17, 15) is 9.59 Å². The number of para-hydroxylation sites is 2. The minimum Gasteiger partial charge on any atom is -0.495 e. The molecule has 0 aliphatic heterocycles. The number of carbonyl (C=O) groups excluding carboxylic acids is 1. The van der Waals surface area contributed by atoms with Crippen molar-refractivity contribution in [2.45, 2.75) is 6.61 Å². The average Bonchev–Trinajstić information content (AvgIpc) is 2.69. The minimum atomic E-state index is -0.557. The van der Waals surface area contributed by atoms with E-state index in [0.29, 0.717) is 16.5 Å². The zero-order chi connectivity index (χ0) is 19.2. The van der Waals surface area contributed by atoms with Crippen molar-refractivity contribution in [1.29, 1.82) is 0 Å². The minimum absolute atomic E-state index is 0.0421. The van der Waals surface area contributed by atoms with Crippen molar-refractivity contribution in [3.8, 4) is 5.75 Å². The van der Waals surface area contributed by atoms with Crippen LogP contribution in [0.2, 0.25) is 5.02 Å². The Bertz CT molecular complexity index is 999. The van der Waals surface area contributed by atoms with E-state index in [0.717, 1.165) is 10.3 Å². The van der Waals surface area contributed by atoms with Crippen LogP contribution in [-0.4, -0.2) is 17.7 Å². The first-order chi connectivity index (χ1) is 13.1.